The van der Waals surface area contributed by atoms with E-state index < -0.39 is 78.5 Å². The molecule has 12 nitrogen and oxygen atoms in total. The summed E-state index contributed by atoms with van der Waals surface area (Å²) in [5.74, 6) is -4.92. The molecule has 0 aromatic heterocycles. The van der Waals surface area contributed by atoms with Crippen molar-refractivity contribution in [2.24, 2.45) is 22.2 Å². The number of nitrogens with zero attached hydrogens (tertiary/aromatic N) is 6. The molecule has 3 aliphatic heterocycles. The van der Waals surface area contributed by atoms with Crippen molar-refractivity contribution in [1.82, 2.24) is 14.7 Å². The second-order valence-corrected chi connectivity index (χ2v) is 21.6. The zero-order valence-corrected chi connectivity index (χ0v) is 40.7. The Morgan fingerprint density at radius 1 is 0.574 bits per heavy atom. The lowest BCUT2D eigenvalue weighted by atomic mass is 9.72. The van der Waals surface area contributed by atoms with E-state index in [1.165, 1.54) is 0 Å². The van der Waals surface area contributed by atoms with Gasteiger partial charge in [-0.2, -0.15) is 10.5 Å². The standard InChI is InChI=1S/C52H66F4N6O6/c1-32(34-21-50(2,3)26-41(44(34)59-8)62-19-13-14-20-62)47(63)66-29-33(30-67-48(64)42(45(53)54)35-22-51(4,5)24-39(37(35)27-57)60-15-9-10-16-60)31-68-49(65)43(46(55)56)36-23-52(6,7)25-40(38(36)28-58)61-17-11-12-18-61/h33,45-46H,9-26,29-31H2,1-7H3/b34-32+,42-35+,43-36+. The molecule has 368 valence electrons. The number of halogens is 4. The lowest BCUT2D eigenvalue weighted by Crippen LogP contribution is -2.33. The van der Waals surface area contributed by atoms with E-state index in [0.29, 0.717) is 74.5 Å². The van der Waals surface area contributed by atoms with Gasteiger partial charge in [-0.15, -0.1) is 0 Å². The molecule has 68 heavy (non-hydrogen) atoms. The van der Waals surface area contributed by atoms with Crippen molar-refractivity contribution in [3.05, 3.63) is 78.8 Å². The topological polar surface area (TPSA) is 141 Å². The van der Waals surface area contributed by atoms with Crippen molar-refractivity contribution in [2.75, 3.05) is 59.1 Å². The number of likely N-dealkylation sites (tertiary alicyclic amines) is 3. The van der Waals surface area contributed by atoms with Crippen LogP contribution in [0.3, 0.4) is 0 Å². The van der Waals surface area contributed by atoms with E-state index in [-0.39, 0.29) is 46.1 Å². The molecule has 16 heteroatoms. The number of esters is 3. The molecule has 0 N–H and O–H groups in total. The molecule has 0 atom stereocenters. The summed E-state index contributed by atoms with van der Waals surface area (Å²) in [6.07, 6.45) is 0.700. The molecule has 0 saturated carbocycles. The quantitative estimate of drug-likeness (QED) is 0.0540. The molecule has 0 aromatic carbocycles. The second kappa shape index (κ2) is 21.4. The number of nitriles is 2. The summed E-state index contributed by atoms with van der Waals surface area (Å²) in [4.78, 5) is 51.8. The molecule has 6 aliphatic rings. The molecule has 3 fully saturated rings. The maximum Gasteiger partial charge on any atom is 0.340 e. The molecule has 6 rings (SSSR count). The van der Waals surface area contributed by atoms with Crippen LogP contribution in [0.15, 0.2) is 67.4 Å². The number of carbonyl (C=O) groups is 3. The normalized spacial score (nSPS) is 23.8. The van der Waals surface area contributed by atoms with Gasteiger partial charge < -0.3 is 28.9 Å². The van der Waals surface area contributed by atoms with Crippen LogP contribution in [0, 0.1) is 51.4 Å². The molecule has 0 amide bonds. The summed E-state index contributed by atoms with van der Waals surface area (Å²) >= 11 is 0. The number of ether oxygens (including phenoxy) is 3. The lowest BCUT2D eigenvalue weighted by Gasteiger charge is -2.38. The fourth-order valence-electron chi connectivity index (χ4n) is 10.8. The van der Waals surface area contributed by atoms with E-state index in [4.69, 9.17) is 20.8 Å². The minimum absolute atomic E-state index is 0.00476. The highest BCUT2D eigenvalue weighted by Gasteiger charge is 2.42. The van der Waals surface area contributed by atoms with Gasteiger partial charge in [0.05, 0.1) is 23.6 Å². The van der Waals surface area contributed by atoms with Crippen molar-refractivity contribution in [1.29, 1.82) is 10.5 Å². The zero-order valence-electron chi connectivity index (χ0n) is 40.7. The van der Waals surface area contributed by atoms with E-state index in [2.05, 4.69) is 35.7 Å². The van der Waals surface area contributed by atoms with Gasteiger partial charge in [0.2, 0.25) is 5.70 Å². The molecule has 0 unspecified atom stereocenters. The van der Waals surface area contributed by atoms with Crippen LogP contribution in [0.4, 0.5) is 17.6 Å². The van der Waals surface area contributed by atoms with Crippen LogP contribution >= 0.6 is 0 Å². The SMILES string of the molecule is [C-]#[N+]C1=C(N2CCCC2)CC(C)(C)C/C1=C(/C)C(=O)OCC(COC(=O)/C(=C1\CC(C)(C)CC(N2CCCC2)=C1C#N)C(F)F)COC(=O)/C(=C1\CC(C)(C)CC(N2CCCC2)=C1C#N)C(F)F. The smallest absolute Gasteiger partial charge is 0.340 e. The van der Waals surface area contributed by atoms with Gasteiger partial charge in [-0.1, -0.05) is 41.5 Å². The van der Waals surface area contributed by atoms with Gasteiger partial charge in [-0.05, 0) is 117 Å². The van der Waals surface area contributed by atoms with Crippen molar-refractivity contribution >= 4 is 17.9 Å². The van der Waals surface area contributed by atoms with Crippen molar-refractivity contribution in [3.8, 4) is 12.1 Å². The predicted octanol–water partition coefficient (Wildman–Crippen LogP) is 10.1. The first-order valence-electron chi connectivity index (χ1n) is 24.0. The van der Waals surface area contributed by atoms with Gasteiger partial charge in [0, 0.05) is 61.9 Å². The monoisotopic (exact) mass is 946 g/mol. The van der Waals surface area contributed by atoms with Crippen LogP contribution in [-0.4, -0.2) is 105 Å². The van der Waals surface area contributed by atoms with Crippen molar-refractivity contribution < 1.29 is 46.2 Å². The summed E-state index contributed by atoms with van der Waals surface area (Å²) in [6, 6.07) is 4.18. The first-order chi connectivity index (χ1) is 32.1. The lowest BCUT2D eigenvalue weighted by molar-refractivity contribution is -0.149. The Morgan fingerprint density at radius 3 is 1.24 bits per heavy atom. The summed E-state index contributed by atoms with van der Waals surface area (Å²) in [5.41, 5.74) is -0.534. The Morgan fingerprint density at radius 2 is 0.897 bits per heavy atom. The molecule has 0 spiro atoms. The number of alkyl halides is 4. The van der Waals surface area contributed by atoms with Crippen molar-refractivity contribution in [3.63, 3.8) is 0 Å². The Hall–Kier alpha value is -5.56. The molecule has 3 heterocycles. The van der Waals surface area contributed by atoms with E-state index >= 15 is 17.6 Å². The maximum atomic E-state index is 15.1. The number of hydrogen-bond acceptors (Lipinski definition) is 11. The van der Waals surface area contributed by atoms with E-state index in [0.717, 1.165) is 57.3 Å². The highest BCUT2D eigenvalue weighted by atomic mass is 19.3. The molecular weight excluding hydrogens is 881 g/mol. The fourth-order valence-corrected chi connectivity index (χ4v) is 10.8. The van der Waals surface area contributed by atoms with Crippen LogP contribution in [0.1, 0.15) is 126 Å². The van der Waals surface area contributed by atoms with Crippen LogP contribution < -0.4 is 0 Å². The predicted molar refractivity (Wildman–Crippen MR) is 245 cm³/mol. The Kier molecular flexibility index (Phi) is 16.3. The van der Waals surface area contributed by atoms with E-state index in [1.54, 1.807) is 6.92 Å². The summed E-state index contributed by atoms with van der Waals surface area (Å²) in [7, 11) is 0. The van der Waals surface area contributed by atoms with Crippen LogP contribution in [0.25, 0.3) is 4.85 Å². The van der Waals surface area contributed by atoms with Gasteiger partial charge >= 0.3 is 17.9 Å². The van der Waals surface area contributed by atoms with Crippen LogP contribution in [-0.2, 0) is 28.6 Å². The number of rotatable bonds is 14. The minimum atomic E-state index is -3.35. The number of carbonyl (C=O) groups excluding carboxylic acids is 3. The molecule has 0 bridgehead atoms. The van der Waals surface area contributed by atoms with Crippen LogP contribution in [0.5, 0.6) is 0 Å². The maximum absolute atomic E-state index is 15.1. The third kappa shape index (κ3) is 11.8. The highest BCUT2D eigenvalue weighted by Crippen LogP contribution is 2.48. The highest BCUT2D eigenvalue weighted by molar-refractivity contribution is 5.93. The Balaban J connectivity index is 1.32. The van der Waals surface area contributed by atoms with E-state index in [1.807, 2.05) is 37.5 Å². The average molecular weight is 947 g/mol. The van der Waals surface area contributed by atoms with Gasteiger partial charge in [-0.25, -0.2) is 36.8 Å². The number of hydrogen-bond donors (Lipinski definition) is 0. The van der Waals surface area contributed by atoms with E-state index in [9.17, 15) is 24.9 Å². The molecule has 0 radical (unpaired) electrons. The minimum Gasteiger partial charge on any atom is -0.462 e. The average Bonchev–Trinajstić information content (AvgIpc) is 4.10. The molecule has 0 aromatic rings. The summed E-state index contributed by atoms with van der Waals surface area (Å²) in [6.45, 7) is 23.4. The zero-order chi connectivity index (χ0) is 49.7. The third-order valence-electron chi connectivity index (χ3n) is 14.1. The third-order valence-corrected chi connectivity index (χ3v) is 14.1. The second-order valence-electron chi connectivity index (χ2n) is 21.6. The molecular formula is C52H66F4N6O6. The largest absolute Gasteiger partial charge is 0.462 e. The fraction of sp³-hybridized carbons (Fsp3) is 0.654. The number of allylic oxidation sites excluding steroid dienone is 8. The first-order valence-corrected chi connectivity index (χ1v) is 24.0. The van der Waals surface area contributed by atoms with Crippen molar-refractivity contribution in [2.45, 2.75) is 138 Å². The first kappa shape index (κ1) is 51.8. The van der Waals surface area contributed by atoms with Crippen LogP contribution in [0.2, 0.25) is 0 Å². The summed E-state index contributed by atoms with van der Waals surface area (Å²) in [5, 5.41) is 20.7. The van der Waals surface area contributed by atoms with Gasteiger partial charge in [0.1, 0.15) is 43.1 Å². The Labute approximate surface area is 398 Å². The van der Waals surface area contributed by atoms with Gasteiger partial charge in [-0.3, -0.25) is 0 Å². The molecule has 3 saturated heterocycles. The summed E-state index contributed by atoms with van der Waals surface area (Å²) < 4.78 is 77.4. The van der Waals surface area contributed by atoms with Gasteiger partial charge in [0.15, 0.2) is 0 Å². The van der Waals surface area contributed by atoms with Gasteiger partial charge in [0.25, 0.3) is 12.9 Å². The molecule has 3 aliphatic carbocycles. The Bertz CT molecular complexity index is 2220.